The molecule has 0 aliphatic heterocycles. The lowest BCUT2D eigenvalue weighted by molar-refractivity contribution is -0.369. The molecule has 132 valence electrons. The number of phenolic OH excluding ortho intramolecular Hbond substituents is 1. The quantitative estimate of drug-likeness (QED) is 0.503. The van der Waals surface area contributed by atoms with E-state index in [2.05, 4.69) is 21.7 Å². The Kier molecular flexibility index (Phi) is 5.04. The van der Waals surface area contributed by atoms with Gasteiger partial charge in [-0.05, 0) is 29.8 Å². The lowest BCUT2D eigenvalue weighted by Gasteiger charge is -2.15. The number of phenols is 1. The second kappa shape index (κ2) is 7.58. The summed E-state index contributed by atoms with van der Waals surface area (Å²) in [6, 6.07) is 7.72. The van der Waals surface area contributed by atoms with Gasteiger partial charge in [0.25, 0.3) is 5.89 Å². The molecule has 26 heavy (non-hydrogen) atoms. The van der Waals surface area contributed by atoms with Gasteiger partial charge in [-0.1, -0.05) is 17.8 Å². The van der Waals surface area contributed by atoms with Crippen LogP contribution in [0, 0.1) is 0 Å². The molecule has 0 radical (unpaired) electrons. The Balaban J connectivity index is 2.03. The van der Waals surface area contributed by atoms with E-state index in [9.17, 15) is 15.0 Å². The number of rotatable bonds is 7. The van der Waals surface area contributed by atoms with E-state index in [0.29, 0.717) is 17.6 Å². The fraction of sp³-hybridized carbons (Fsp3) is 0.111. The highest BCUT2D eigenvalue weighted by Crippen LogP contribution is 2.33. The third-order valence-electron chi connectivity index (χ3n) is 3.64. The minimum Gasteiger partial charge on any atom is -0.854 e. The van der Waals surface area contributed by atoms with Crippen molar-refractivity contribution in [3.05, 3.63) is 54.9 Å². The van der Waals surface area contributed by atoms with Crippen LogP contribution in [0.1, 0.15) is 11.5 Å². The molecule has 3 rings (SSSR count). The van der Waals surface area contributed by atoms with Crippen molar-refractivity contribution < 1.29 is 24.3 Å². The standard InChI is InChI=1S/C18H14N3O5/c1-2-25-12-5-6-15(24)14(8-12)18-20-17(21-26-18)16-13(4-3-7-19-16)11(9-22)10-23/h2-9,11,24H,1,10H2/q-1. The summed E-state index contributed by atoms with van der Waals surface area (Å²) in [5, 5.41) is 25.1. The number of nitrogens with zero attached hydrogens (tertiary/aromatic N) is 3. The Bertz CT molecular complexity index is 938. The summed E-state index contributed by atoms with van der Waals surface area (Å²) in [4.78, 5) is 19.5. The third kappa shape index (κ3) is 3.31. The van der Waals surface area contributed by atoms with E-state index in [-0.39, 0.29) is 28.7 Å². The van der Waals surface area contributed by atoms with Crippen LogP contribution in [-0.4, -0.2) is 33.1 Å². The summed E-state index contributed by atoms with van der Waals surface area (Å²) in [6.45, 7) is 2.85. The minimum atomic E-state index is -0.863. The maximum atomic E-state index is 11.2. The van der Waals surface area contributed by atoms with Gasteiger partial charge in [0, 0.05) is 12.1 Å². The number of ether oxygens (including phenoxy) is 1. The highest BCUT2D eigenvalue weighted by molar-refractivity contribution is 5.70. The van der Waals surface area contributed by atoms with Gasteiger partial charge in [0.15, 0.2) is 0 Å². The lowest BCUT2D eigenvalue weighted by Crippen LogP contribution is -2.18. The molecule has 2 aromatic heterocycles. The van der Waals surface area contributed by atoms with Crippen molar-refractivity contribution in [1.82, 2.24) is 15.1 Å². The van der Waals surface area contributed by atoms with Gasteiger partial charge in [0.2, 0.25) is 5.82 Å². The molecule has 0 saturated heterocycles. The molecule has 0 bridgehead atoms. The highest BCUT2D eigenvalue weighted by atomic mass is 16.5. The second-order valence-electron chi connectivity index (χ2n) is 5.24. The van der Waals surface area contributed by atoms with Crippen LogP contribution >= 0.6 is 0 Å². The van der Waals surface area contributed by atoms with Gasteiger partial charge in [-0.25, -0.2) is 0 Å². The molecule has 8 heteroatoms. The molecule has 0 spiro atoms. The maximum absolute atomic E-state index is 11.2. The molecule has 1 unspecified atom stereocenters. The normalized spacial score (nSPS) is 11.7. The number of hydrogen-bond donors (Lipinski definition) is 1. The highest BCUT2D eigenvalue weighted by Gasteiger charge is 2.20. The van der Waals surface area contributed by atoms with E-state index in [1.165, 1.54) is 24.6 Å². The average Bonchev–Trinajstić information content (AvgIpc) is 3.15. The Morgan fingerprint density at radius 1 is 1.38 bits per heavy atom. The van der Waals surface area contributed by atoms with Crippen molar-refractivity contribution in [2.75, 3.05) is 6.61 Å². The molecule has 0 amide bonds. The van der Waals surface area contributed by atoms with E-state index < -0.39 is 12.5 Å². The van der Waals surface area contributed by atoms with Crippen molar-refractivity contribution in [1.29, 1.82) is 0 Å². The SMILES string of the molecule is C=COc1ccc(O)c(-c2nc(-c3ncccc3C(C=O)C[O-])no2)c1. The largest absolute Gasteiger partial charge is 0.854 e. The first-order chi connectivity index (χ1) is 12.7. The average molecular weight is 352 g/mol. The Hall–Kier alpha value is -3.52. The number of carbonyl (C=O) groups excluding carboxylic acids is 1. The van der Waals surface area contributed by atoms with Gasteiger partial charge in [-0.2, -0.15) is 4.98 Å². The Morgan fingerprint density at radius 3 is 2.96 bits per heavy atom. The van der Waals surface area contributed by atoms with E-state index in [0.717, 1.165) is 0 Å². The number of carbonyl (C=O) groups is 1. The zero-order valence-corrected chi connectivity index (χ0v) is 13.5. The molecule has 3 aromatic rings. The van der Waals surface area contributed by atoms with E-state index in [1.807, 2.05) is 0 Å². The monoisotopic (exact) mass is 352 g/mol. The van der Waals surface area contributed by atoms with Crippen LogP contribution in [0.2, 0.25) is 0 Å². The smallest absolute Gasteiger partial charge is 0.262 e. The van der Waals surface area contributed by atoms with Crippen molar-refractivity contribution in [2.24, 2.45) is 0 Å². The summed E-state index contributed by atoms with van der Waals surface area (Å²) in [6.07, 6.45) is 3.31. The van der Waals surface area contributed by atoms with Gasteiger partial charge in [-0.3, -0.25) is 4.98 Å². The molecule has 0 aliphatic carbocycles. The number of pyridine rings is 1. The fourth-order valence-corrected chi connectivity index (χ4v) is 2.39. The minimum absolute atomic E-state index is 0.0355. The first-order valence-electron chi connectivity index (χ1n) is 7.61. The van der Waals surface area contributed by atoms with Crippen molar-refractivity contribution >= 4 is 6.29 Å². The molecule has 0 aliphatic rings. The second-order valence-corrected chi connectivity index (χ2v) is 5.24. The van der Waals surface area contributed by atoms with Gasteiger partial charge in [0.05, 0.1) is 11.8 Å². The number of hydrogen-bond acceptors (Lipinski definition) is 8. The summed E-state index contributed by atoms with van der Waals surface area (Å²) >= 11 is 0. The van der Waals surface area contributed by atoms with Crippen LogP contribution in [0.15, 0.2) is 53.9 Å². The van der Waals surface area contributed by atoms with E-state index >= 15 is 0 Å². The Morgan fingerprint density at radius 2 is 2.23 bits per heavy atom. The van der Waals surface area contributed by atoms with Gasteiger partial charge < -0.3 is 24.3 Å². The van der Waals surface area contributed by atoms with Crippen molar-refractivity contribution in [3.8, 4) is 34.5 Å². The van der Waals surface area contributed by atoms with Crippen LogP contribution in [0.5, 0.6) is 11.5 Å². The summed E-state index contributed by atoms with van der Waals surface area (Å²) in [5.74, 6) is -0.376. The van der Waals surface area contributed by atoms with Crippen LogP contribution in [0.3, 0.4) is 0 Å². The maximum Gasteiger partial charge on any atom is 0.262 e. The predicted octanol–water partition coefficient (Wildman–Crippen LogP) is 1.67. The van der Waals surface area contributed by atoms with E-state index in [1.54, 1.807) is 18.2 Å². The van der Waals surface area contributed by atoms with Crippen LogP contribution < -0.4 is 9.84 Å². The first kappa shape index (κ1) is 17.3. The number of benzene rings is 1. The molecular weight excluding hydrogens is 338 g/mol. The van der Waals surface area contributed by atoms with Gasteiger partial charge in [0.1, 0.15) is 23.5 Å². The Labute approximate surface area is 148 Å². The molecule has 1 atom stereocenters. The summed E-state index contributed by atoms with van der Waals surface area (Å²) in [7, 11) is 0. The molecule has 0 fully saturated rings. The molecular formula is C18H14N3O5-. The van der Waals surface area contributed by atoms with Crippen LogP contribution in [0.4, 0.5) is 0 Å². The third-order valence-corrected chi connectivity index (χ3v) is 3.64. The lowest BCUT2D eigenvalue weighted by atomic mass is 9.99. The zero-order chi connectivity index (χ0) is 18.5. The van der Waals surface area contributed by atoms with Crippen molar-refractivity contribution in [2.45, 2.75) is 5.92 Å². The molecule has 2 heterocycles. The summed E-state index contributed by atoms with van der Waals surface area (Å²) in [5.41, 5.74) is 0.947. The van der Waals surface area contributed by atoms with Crippen LogP contribution in [-0.2, 0) is 4.79 Å². The van der Waals surface area contributed by atoms with E-state index in [4.69, 9.17) is 9.26 Å². The van der Waals surface area contributed by atoms with Crippen LogP contribution in [0.25, 0.3) is 23.0 Å². The number of aromatic nitrogens is 3. The topological polar surface area (TPSA) is 121 Å². The number of aldehydes is 1. The molecule has 1 N–H and O–H groups in total. The van der Waals surface area contributed by atoms with Crippen molar-refractivity contribution in [3.63, 3.8) is 0 Å². The predicted molar refractivity (Wildman–Crippen MR) is 89.1 cm³/mol. The molecule has 0 saturated carbocycles. The van der Waals surface area contributed by atoms with Gasteiger partial charge >= 0.3 is 0 Å². The van der Waals surface area contributed by atoms with Gasteiger partial charge in [-0.15, -0.1) is 6.61 Å². The number of aromatic hydroxyl groups is 1. The first-order valence-corrected chi connectivity index (χ1v) is 7.61. The summed E-state index contributed by atoms with van der Waals surface area (Å²) < 4.78 is 10.4. The molecule has 1 aromatic carbocycles. The zero-order valence-electron chi connectivity index (χ0n) is 13.5. The fourth-order valence-electron chi connectivity index (χ4n) is 2.39. The molecule has 8 nitrogen and oxygen atoms in total.